The minimum atomic E-state index is -0.178. The first-order chi connectivity index (χ1) is 15.2. The highest BCUT2D eigenvalue weighted by Crippen LogP contribution is 2.25. The molecule has 2 aromatic carbocycles. The second-order valence-corrected chi connectivity index (χ2v) is 7.16. The first kappa shape index (κ1) is 19.1. The molecule has 0 aliphatic rings. The fourth-order valence-corrected chi connectivity index (χ4v) is 3.63. The molecular weight excluding hydrogens is 392 g/mol. The first-order valence-electron chi connectivity index (χ1n) is 9.94. The van der Waals surface area contributed by atoms with Gasteiger partial charge in [-0.2, -0.15) is 9.78 Å². The standard InChI is InChI=1S/C23H20N6O2/c1-15-25-21-19(23(30)28(15)12-13-31-2)20-22(27-18-11-7-6-10-17(18)26-20)29(21)24-14-16-8-4-3-5-9-16/h3-11,14H,12-13H2,1-2H3/b24-14-. The molecule has 8 nitrogen and oxygen atoms in total. The molecule has 0 unspecified atom stereocenters. The Bertz CT molecular complexity index is 1500. The van der Waals surface area contributed by atoms with Gasteiger partial charge in [-0.3, -0.25) is 9.36 Å². The van der Waals surface area contributed by atoms with E-state index < -0.39 is 0 Å². The molecule has 3 heterocycles. The normalized spacial score (nSPS) is 11.9. The number of aromatic nitrogens is 5. The van der Waals surface area contributed by atoms with Gasteiger partial charge in [0.25, 0.3) is 5.56 Å². The maximum atomic E-state index is 13.4. The number of ether oxygens (including phenoxy) is 1. The van der Waals surface area contributed by atoms with Crippen molar-refractivity contribution >= 4 is 39.4 Å². The molecule has 31 heavy (non-hydrogen) atoms. The molecule has 0 amide bonds. The van der Waals surface area contributed by atoms with Crippen LogP contribution in [-0.4, -0.2) is 44.1 Å². The molecule has 0 aliphatic carbocycles. The summed E-state index contributed by atoms with van der Waals surface area (Å²) < 4.78 is 8.37. The van der Waals surface area contributed by atoms with Crippen LogP contribution in [-0.2, 0) is 11.3 Å². The third-order valence-electron chi connectivity index (χ3n) is 5.17. The van der Waals surface area contributed by atoms with Gasteiger partial charge in [0.2, 0.25) is 0 Å². The van der Waals surface area contributed by atoms with Crippen LogP contribution >= 0.6 is 0 Å². The Morgan fingerprint density at radius 3 is 2.42 bits per heavy atom. The molecule has 0 aliphatic heterocycles. The lowest BCUT2D eigenvalue weighted by molar-refractivity contribution is 0.185. The summed E-state index contributed by atoms with van der Waals surface area (Å²) in [5, 5.41) is 5.03. The minimum Gasteiger partial charge on any atom is -0.383 e. The lowest BCUT2D eigenvalue weighted by Gasteiger charge is -2.08. The van der Waals surface area contributed by atoms with Crippen LogP contribution in [0.25, 0.3) is 33.2 Å². The molecule has 0 atom stereocenters. The van der Waals surface area contributed by atoms with E-state index in [4.69, 9.17) is 19.7 Å². The second-order valence-electron chi connectivity index (χ2n) is 7.16. The van der Waals surface area contributed by atoms with Crippen molar-refractivity contribution in [2.45, 2.75) is 13.5 Å². The van der Waals surface area contributed by atoms with Crippen molar-refractivity contribution in [1.82, 2.24) is 24.2 Å². The van der Waals surface area contributed by atoms with Crippen LogP contribution in [0.4, 0.5) is 0 Å². The maximum absolute atomic E-state index is 13.4. The summed E-state index contributed by atoms with van der Waals surface area (Å²) in [6.07, 6.45) is 1.73. The average molecular weight is 412 g/mol. The zero-order valence-corrected chi connectivity index (χ0v) is 17.2. The first-order valence-corrected chi connectivity index (χ1v) is 9.94. The third kappa shape index (κ3) is 3.27. The Labute approximate surface area is 177 Å². The second kappa shape index (κ2) is 7.73. The number of methoxy groups -OCH3 is 1. The Kier molecular flexibility index (Phi) is 4.76. The SMILES string of the molecule is COCCn1c(C)nc2c(c1=O)c1nc3ccccc3nc1n2/N=C\c1ccccc1. The minimum absolute atomic E-state index is 0.178. The van der Waals surface area contributed by atoms with E-state index >= 15 is 0 Å². The molecule has 3 aromatic heterocycles. The number of rotatable bonds is 5. The number of fused-ring (bicyclic) bond motifs is 4. The molecular formula is C23H20N6O2. The van der Waals surface area contributed by atoms with Gasteiger partial charge in [-0.1, -0.05) is 42.5 Å². The molecule has 5 rings (SSSR count). The van der Waals surface area contributed by atoms with Crippen molar-refractivity contribution in [2.24, 2.45) is 5.10 Å². The number of nitrogens with zero attached hydrogens (tertiary/aromatic N) is 6. The molecule has 0 saturated carbocycles. The molecule has 0 spiro atoms. The van der Waals surface area contributed by atoms with E-state index in [1.807, 2.05) is 54.6 Å². The quantitative estimate of drug-likeness (QED) is 0.414. The summed E-state index contributed by atoms with van der Waals surface area (Å²) in [7, 11) is 1.61. The van der Waals surface area contributed by atoms with Crippen molar-refractivity contribution in [3.8, 4) is 0 Å². The van der Waals surface area contributed by atoms with Crippen LogP contribution in [0.5, 0.6) is 0 Å². The van der Waals surface area contributed by atoms with Crippen molar-refractivity contribution in [3.63, 3.8) is 0 Å². The monoisotopic (exact) mass is 412 g/mol. The highest BCUT2D eigenvalue weighted by atomic mass is 16.5. The number of aryl methyl sites for hydroxylation is 1. The molecule has 0 radical (unpaired) electrons. The average Bonchev–Trinajstić information content (AvgIpc) is 3.08. The van der Waals surface area contributed by atoms with Gasteiger partial charge >= 0.3 is 0 Å². The van der Waals surface area contributed by atoms with Crippen LogP contribution in [0.15, 0.2) is 64.5 Å². The predicted octanol–water partition coefficient (Wildman–Crippen LogP) is 3.13. The fourth-order valence-electron chi connectivity index (χ4n) is 3.63. The van der Waals surface area contributed by atoms with Gasteiger partial charge in [0.1, 0.15) is 16.7 Å². The summed E-state index contributed by atoms with van der Waals surface area (Å²) in [5.74, 6) is 0.582. The van der Waals surface area contributed by atoms with Gasteiger partial charge in [0, 0.05) is 7.11 Å². The summed E-state index contributed by atoms with van der Waals surface area (Å²) >= 11 is 0. The van der Waals surface area contributed by atoms with E-state index in [9.17, 15) is 4.79 Å². The lowest BCUT2D eigenvalue weighted by atomic mass is 10.2. The summed E-state index contributed by atoms with van der Waals surface area (Å²) in [4.78, 5) is 27.6. The number of hydrogen-bond donors (Lipinski definition) is 0. The van der Waals surface area contributed by atoms with Gasteiger partial charge in [-0.05, 0) is 24.6 Å². The zero-order valence-electron chi connectivity index (χ0n) is 17.2. The van der Waals surface area contributed by atoms with E-state index in [2.05, 4.69) is 5.10 Å². The molecule has 8 heteroatoms. The molecule has 5 aromatic rings. The summed E-state index contributed by atoms with van der Waals surface area (Å²) in [5.41, 5.74) is 3.61. The fraction of sp³-hybridized carbons (Fsp3) is 0.174. The smallest absolute Gasteiger partial charge is 0.265 e. The van der Waals surface area contributed by atoms with Crippen molar-refractivity contribution in [3.05, 3.63) is 76.3 Å². The predicted molar refractivity (Wildman–Crippen MR) is 121 cm³/mol. The topological polar surface area (TPSA) is 87.2 Å². The van der Waals surface area contributed by atoms with Crippen LogP contribution in [0.2, 0.25) is 0 Å². The van der Waals surface area contributed by atoms with Gasteiger partial charge in [-0.25, -0.2) is 15.0 Å². The van der Waals surface area contributed by atoms with E-state index in [1.165, 1.54) is 0 Å². The van der Waals surface area contributed by atoms with Crippen LogP contribution in [0.3, 0.4) is 0 Å². The van der Waals surface area contributed by atoms with Gasteiger partial charge in [-0.15, -0.1) is 0 Å². The van der Waals surface area contributed by atoms with E-state index in [-0.39, 0.29) is 5.56 Å². The molecule has 0 saturated heterocycles. The van der Waals surface area contributed by atoms with Crippen molar-refractivity contribution in [1.29, 1.82) is 0 Å². The molecule has 154 valence electrons. The Morgan fingerprint density at radius 2 is 1.68 bits per heavy atom. The Hall–Kier alpha value is -3.91. The van der Waals surface area contributed by atoms with Crippen molar-refractivity contribution < 1.29 is 4.74 Å². The number of benzene rings is 2. The molecule has 0 fully saturated rings. The summed E-state index contributed by atoms with van der Waals surface area (Å²) in [6, 6.07) is 17.3. The van der Waals surface area contributed by atoms with Gasteiger partial charge in [0.15, 0.2) is 11.3 Å². The largest absolute Gasteiger partial charge is 0.383 e. The Balaban J connectivity index is 1.85. The summed E-state index contributed by atoms with van der Waals surface area (Å²) in [6.45, 7) is 2.62. The van der Waals surface area contributed by atoms with E-state index in [0.717, 1.165) is 11.1 Å². The number of hydrogen-bond acceptors (Lipinski definition) is 6. The zero-order chi connectivity index (χ0) is 21.4. The van der Waals surface area contributed by atoms with Crippen LogP contribution in [0.1, 0.15) is 11.4 Å². The van der Waals surface area contributed by atoms with Crippen LogP contribution < -0.4 is 5.56 Å². The van der Waals surface area contributed by atoms with E-state index in [0.29, 0.717) is 46.7 Å². The van der Waals surface area contributed by atoms with E-state index in [1.54, 1.807) is 29.5 Å². The molecule has 0 N–H and O–H groups in total. The Morgan fingerprint density at radius 1 is 0.968 bits per heavy atom. The van der Waals surface area contributed by atoms with Gasteiger partial charge < -0.3 is 4.74 Å². The van der Waals surface area contributed by atoms with Crippen molar-refractivity contribution in [2.75, 3.05) is 13.7 Å². The maximum Gasteiger partial charge on any atom is 0.265 e. The van der Waals surface area contributed by atoms with Crippen LogP contribution in [0, 0.1) is 6.92 Å². The number of para-hydroxylation sites is 2. The lowest BCUT2D eigenvalue weighted by Crippen LogP contribution is -2.25. The highest BCUT2D eigenvalue weighted by molar-refractivity contribution is 6.04. The molecule has 0 bridgehead atoms. The highest BCUT2D eigenvalue weighted by Gasteiger charge is 2.21. The third-order valence-corrected chi connectivity index (χ3v) is 5.17. The van der Waals surface area contributed by atoms with Gasteiger partial charge in [0.05, 0.1) is 30.4 Å².